The third-order valence-electron chi connectivity index (χ3n) is 5.22. The lowest BCUT2D eigenvalue weighted by Crippen LogP contribution is -2.44. The molecule has 130 valence electrons. The molecule has 2 heterocycles. The SMILES string of the molecule is O=C(N[C@H](c1ccccc1)C1CC1)[C@@H]1CCCN(c2cnccn2)C1. The van der Waals surface area contributed by atoms with Crippen molar-refractivity contribution in [3.8, 4) is 0 Å². The predicted molar refractivity (Wildman–Crippen MR) is 97.0 cm³/mol. The number of nitrogens with zero attached hydrogens (tertiary/aromatic N) is 3. The van der Waals surface area contributed by atoms with E-state index in [9.17, 15) is 4.79 Å². The zero-order valence-corrected chi connectivity index (χ0v) is 14.3. The smallest absolute Gasteiger partial charge is 0.225 e. The minimum Gasteiger partial charge on any atom is -0.355 e. The summed E-state index contributed by atoms with van der Waals surface area (Å²) in [5.41, 5.74) is 1.22. The van der Waals surface area contributed by atoms with E-state index >= 15 is 0 Å². The predicted octanol–water partition coefficient (Wildman–Crippen LogP) is 2.96. The van der Waals surface area contributed by atoms with E-state index in [0.29, 0.717) is 5.92 Å². The fourth-order valence-electron chi connectivity index (χ4n) is 3.69. The number of hydrogen-bond donors (Lipinski definition) is 1. The molecule has 1 N–H and O–H groups in total. The van der Waals surface area contributed by atoms with Crippen LogP contribution in [-0.2, 0) is 4.79 Å². The van der Waals surface area contributed by atoms with Crippen LogP contribution >= 0.6 is 0 Å². The average molecular weight is 336 g/mol. The highest BCUT2D eigenvalue weighted by atomic mass is 16.2. The Morgan fingerprint density at radius 1 is 1.16 bits per heavy atom. The molecule has 1 aromatic heterocycles. The molecule has 1 aromatic carbocycles. The van der Waals surface area contributed by atoms with E-state index in [0.717, 1.165) is 31.7 Å². The number of anilines is 1. The summed E-state index contributed by atoms with van der Waals surface area (Å²) in [6, 6.07) is 10.5. The number of hydrogen-bond acceptors (Lipinski definition) is 4. The van der Waals surface area contributed by atoms with Gasteiger partial charge in [-0.25, -0.2) is 4.98 Å². The van der Waals surface area contributed by atoms with E-state index in [-0.39, 0.29) is 17.9 Å². The van der Waals surface area contributed by atoms with Crippen LogP contribution in [0, 0.1) is 11.8 Å². The molecule has 0 radical (unpaired) electrons. The van der Waals surface area contributed by atoms with Crippen LogP contribution in [0.3, 0.4) is 0 Å². The van der Waals surface area contributed by atoms with E-state index in [4.69, 9.17) is 0 Å². The molecule has 2 fully saturated rings. The van der Waals surface area contributed by atoms with Crippen molar-refractivity contribution in [2.75, 3.05) is 18.0 Å². The molecule has 5 heteroatoms. The standard InChI is InChI=1S/C20H24N4O/c25-20(23-19(16-8-9-16)15-5-2-1-3-6-15)17-7-4-12-24(14-17)18-13-21-10-11-22-18/h1-3,5-6,10-11,13,16-17,19H,4,7-9,12,14H2,(H,23,25)/t17-,19-/m1/s1. The van der Waals surface area contributed by atoms with E-state index in [1.165, 1.54) is 18.4 Å². The Morgan fingerprint density at radius 2 is 2.00 bits per heavy atom. The second kappa shape index (κ2) is 7.21. The van der Waals surface area contributed by atoms with Crippen LogP contribution in [0.25, 0.3) is 0 Å². The van der Waals surface area contributed by atoms with Gasteiger partial charge in [-0.15, -0.1) is 0 Å². The third kappa shape index (κ3) is 3.81. The maximum absolute atomic E-state index is 12.9. The molecule has 4 rings (SSSR count). The molecular weight excluding hydrogens is 312 g/mol. The Hall–Kier alpha value is -2.43. The molecule has 1 aliphatic heterocycles. The van der Waals surface area contributed by atoms with Crippen molar-refractivity contribution >= 4 is 11.7 Å². The van der Waals surface area contributed by atoms with Gasteiger partial charge in [-0.2, -0.15) is 0 Å². The maximum Gasteiger partial charge on any atom is 0.225 e. The van der Waals surface area contributed by atoms with Gasteiger partial charge in [0.15, 0.2) is 0 Å². The molecule has 1 saturated heterocycles. The molecule has 0 spiro atoms. The Labute approximate surface area is 148 Å². The van der Waals surface area contributed by atoms with Gasteiger partial charge in [0.2, 0.25) is 5.91 Å². The lowest BCUT2D eigenvalue weighted by atomic mass is 9.95. The molecular formula is C20H24N4O. The van der Waals surface area contributed by atoms with Gasteiger partial charge in [-0.05, 0) is 37.2 Å². The Kier molecular flexibility index (Phi) is 4.63. The number of piperidine rings is 1. The monoisotopic (exact) mass is 336 g/mol. The number of benzene rings is 1. The van der Waals surface area contributed by atoms with E-state index in [1.807, 2.05) is 18.2 Å². The summed E-state index contributed by atoms with van der Waals surface area (Å²) in [5, 5.41) is 3.34. The first-order valence-corrected chi connectivity index (χ1v) is 9.17. The summed E-state index contributed by atoms with van der Waals surface area (Å²) < 4.78 is 0. The quantitative estimate of drug-likeness (QED) is 0.912. The van der Waals surface area contributed by atoms with Gasteiger partial charge in [-0.3, -0.25) is 9.78 Å². The van der Waals surface area contributed by atoms with E-state index in [2.05, 4.69) is 32.3 Å². The van der Waals surface area contributed by atoms with Gasteiger partial charge in [-0.1, -0.05) is 30.3 Å². The topological polar surface area (TPSA) is 58.1 Å². The van der Waals surface area contributed by atoms with Crippen molar-refractivity contribution in [3.63, 3.8) is 0 Å². The zero-order valence-electron chi connectivity index (χ0n) is 14.3. The van der Waals surface area contributed by atoms with Crippen molar-refractivity contribution in [1.82, 2.24) is 15.3 Å². The van der Waals surface area contributed by atoms with Crippen LogP contribution in [-0.4, -0.2) is 29.0 Å². The first-order chi connectivity index (χ1) is 12.3. The first-order valence-electron chi connectivity index (χ1n) is 9.17. The number of aromatic nitrogens is 2. The van der Waals surface area contributed by atoms with Crippen LogP contribution < -0.4 is 10.2 Å². The van der Waals surface area contributed by atoms with Crippen LogP contribution in [0.1, 0.15) is 37.3 Å². The maximum atomic E-state index is 12.9. The highest BCUT2D eigenvalue weighted by Gasteiger charge is 2.35. The van der Waals surface area contributed by atoms with Crippen molar-refractivity contribution in [3.05, 3.63) is 54.5 Å². The Bertz CT molecular complexity index is 702. The summed E-state index contributed by atoms with van der Waals surface area (Å²) in [5.74, 6) is 1.64. The average Bonchev–Trinajstić information content (AvgIpc) is 3.52. The molecule has 5 nitrogen and oxygen atoms in total. The second-order valence-corrected chi connectivity index (χ2v) is 7.08. The third-order valence-corrected chi connectivity index (χ3v) is 5.22. The summed E-state index contributed by atoms with van der Waals surface area (Å²) in [6.45, 7) is 1.66. The molecule has 2 aromatic rings. The van der Waals surface area contributed by atoms with Gasteiger partial charge in [0.05, 0.1) is 18.2 Å². The summed E-state index contributed by atoms with van der Waals surface area (Å²) in [6.07, 6.45) is 9.52. The van der Waals surface area contributed by atoms with Gasteiger partial charge in [0.25, 0.3) is 0 Å². The molecule has 25 heavy (non-hydrogen) atoms. The number of rotatable bonds is 5. The molecule has 2 atom stereocenters. The number of carbonyl (C=O) groups is 1. The van der Waals surface area contributed by atoms with Crippen molar-refractivity contribution in [2.24, 2.45) is 11.8 Å². The molecule has 1 aliphatic carbocycles. The largest absolute Gasteiger partial charge is 0.355 e. The van der Waals surface area contributed by atoms with Crippen LogP contribution in [0.15, 0.2) is 48.9 Å². The van der Waals surface area contributed by atoms with Gasteiger partial charge in [0, 0.05) is 25.5 Å². The lowest BCUT2D eigenvalue weighted by Gasteiger charge is -2.33. The van der Waals surface area contributed by atoms with Crippen LogP contribution in [0.4, 0.5) is 5.82 Å². The Balaban J connectivity index is 1.43. The van der Waals surface area contributed by atoms with Crippen LogP contribution in [0.5, 0.6) is 0 Å². The van der Waals surface area contributed by atoms with Gasteiger partial charge < -0.3 is 10.2 Å². The zero-order chi connectivity index (χ0) is 17.1. The fourth-order valence-corrected chi connectivity index (χ4v) is 3.69. The van der Waals surface area contributed by atoms with Crippen molar-refractivity contribution < 1.29 is 4.79 Å². The minimum absolute atomic E-state index is 0.0146. The van der Waals surface area contributed by atoms with Crippen molar-refractivity contribution in [2.45, 2.75) is 31.7 Å². The number of amides is 1. The summed E-state index contributed by atoms with van der Waals surface area (Å²) in [7, 11) is 0. The number of nitrogens with one attached hydrogen (secondary N) is 1. The Morgan fingerprint density at radius 3 is 2.72 bits per heavy atom. The number of carbonyl (C=O) groups excluding carboxylic acids is 1. The first kappa shape index (κ1) is 16.1. The molecule has 0 bridgehead atoms. The van der Waals surface area contributed by atoms with E-state index in [1.54, 1.807) is 18.6 Å². The molecule has 0 unspecified atom stereocenters. The van der Waals surface area contributed by atoms with E-state index < -0.39 is 0 Å². The van der Waals surface area contributed by atoms with Crippen molar-refractivity contribution in [1.29, 1.82) is 0 Å². The lowest BCUT2D eigenvalue weighted by molar-refractivity contribution is -0.126. The van der Waals surface area contributed by atoms with Gasteiger partial charge >= 0.3 is 0 Å². The highest BCUT2D eigenvalue weighted by Crippen LogP contribution is 2.41. The van der Waals surface area contributed by atoms with Gasteiger partial charge in [0.1, 0.15) is 5.82 Å². The molecule has 2 aliphatic rings. The summed E-state index contributed by atoms with van der Waals surface area (Å²) >= 11 is 0. The summed E-state index contributed by atoms with van der Waals surface area (Å²) in [4.78, 5) is 23.6. The van der Waals surface area contributed by atoms with Crippen LogP contribution in [0.2, 0.25) is 0 Å². The normalized spacial score (nSPS) is 21.6. The minimum atomic E-state index is 0.0146. The molecule has 1 amide bonds. The highest BCUT2D eigenvalue weighted by molar-refractivity contribution is 5.80. The second-order valence-electron chi connectivity index (χ2n) is 7.08. The molecule has 1 saturated carbocycles. The fraction of sp³-hybridized carbons (Fsp3) is 0.450.